The zero-order chi connectivity index (χ0) is 13.9. The monoisotopic (exact) mass is 354 g/mol. The van der Waals surface area contributed by atoms with Crippen molar-refractivity contribution < 1.29 is 5.11 Å². The minimum absolute atomic E-state index is 0.457. The second-order valence-electron chi connectivity index (χ2n) is 5.47. The molecule has 20 heavy (non-hydrogen) atoms. The molecule has 2 heterocycles. The number of aliphatic hydroxyl groups excluding tert-OH is 1. The molecule has 1 aliphatic rings. The Kier molecular flexibility index (Phi) is 4.58. The molecule has 0 spiro atoms. The van der Waals surface area contributed by atoms with Gasteiger partial charge in [0.1, 0.15) is 0 Å². The Morgan fingerprint density at radius 3 is 2.90 bits per heavy atom. The van der Waals surface area contributed by atoms with Gasteiger partial charge < -0.3 is 5.11 Å². The smallest absolute Gasteiger partial charge is 0.0938 e. The lowest BCUT2D eigenvalue weighted by Crippen LogP contribution is -2.13. The van der Waals surface area contributed by atoms with Gasteiger partial charge in [-0.1, -0.05) is 19.3 Å². The summed E-state index contributed by atoms with van der Waals surface area (Å²) in [6.07, 6.45) is 8.66. The van der Waals surface area contributed by atoms with Crippen LogP contribution in [-0.2, 0) is 6.42 Å². The van der Waals surface area contributed by atoms with Crippen molar-refractivity contribution in [1.82, 2.24) is 9.78 Å². The van der Waals surface area contributed by atoms with Gasteiger partial charge in [0.05, 0.1) is 17.8 Å². The van der Waals surface area contributed by atoms with E-state index in [1.165, 1.54) is 32.1 Å². The van der Waals surface area contributed by atoms with Crippen molar-refractivity contribution in [2.75, 3.05) is 0 Å². The summed E-state index contributed by atoms with van der Waals surface area (Å²) >= 11 is 5.00. The molecule has 0 aromatic carbocycles. The van der Waals surface area contributed by atoms with E-state index < -0.39 is 6.10 Å². The normalized spacial score (nSPS) is 18.3. The average Bonchev–Trinajstić information content (AvgIpc) is 3.09. The molecule has 5 heteroatoms. The maximum absolute atomic E-state index is 10.2. The first-order chi connectivity index (χ1) is 9.72. The largest absolute Gasteiger partial charge is 0.387 e. The van der Waals surface area contributed by atoms with Crippen LogP contribution in [0.5, 0.6) is 0 Å². The van der Waals surface area contributed by atoms with Gasteiger partial charge in [0.25, 0.3) is 0 Å². The SMILES string of the molecule is OC(Cc1ccn(C2CCCCC2)n1)c1cc(Br)cs1. The first-order valence-corrected chi connectivity index (χ1v) is 8.85. The lowest BCUT2D eigenvalue weighted by atomic mass is 9.96. The third-order valence-corrected chi connectivity index (χ3v) is 5.73. The summed E-state index contributed by atoms with van der Waals surface area (Å²) in [4.78, 5) is 0.990. The quantitative estimate of drug-likeness (QED) is 0.878. The van der Waals surface area contributed by atoms with Gasteiger partial charge in [-0.15, -0.1) is 11.3 Å². The highest BCUT2D eigenvalue weighted by Gasteiger charge is 2.17. The third-order valence-electron chi connectivity index (χ3n) is 3.93. The van der Waals surface area contributed by atoms with Gasteiger partial charge in [0.15, 0.2) is 0 Å². The van der Waals surface area contributed by atoms with Gasteiger partial charge >= 0.3 is 0 Å². The van der Waals surface area contributed by atoms with Crippen molar-refractivity contribution in [3.63, 3.8) is 0 Å². The highest BCUT2D eigenvalue weighted by atomic mass is 79.9. The molecule has 0 amide bonds. The Morgan fingerprint density at radius 2 is 2.20 bits per heavy atom. The van der Waals surface area contributed by atoms with Crippen molar-refractivity contribution in [1.29, 1.82) is 0 Å². The van der Waals surface area contributed by atoms with E-state index in [9.17, 15) is 5.11 Å². The van der Waals surface area contributed by atoms with Crippen LogP contribution < -0.4 is 0 Å². The van der Waals surface area contributed by atoms with Gasteiger partial charge in [0.2, 0.25) is 0 Å². The molecule has 1 N–H and O–H groups in total. The molecule has 108 valence electrons. The highest BCUT2D eigenvalue weighted by Crippen LogP contribution is 2.29. The molecule has 1 saturated carbocycles. The van der Waals surface area contributed by atoms with Gasteiger partial charge in [-0.05, 0) is 40.9 Å². The summed E-state index contributed by atoms with van der Waals surface area (Å²) in [6, 6.07) is 4.58. The number of rotatable bonds is 4. The Bertz CT molecular complexity index is 560. The molecule has 1 atom stereocenters. The summed E-state index contributed by atoms with van der Waals surface area (Å²) in [5.41, 5.74) is 0.979. The Hall–Kier alpha value is -0.650. The number of hydrogen-bond acceptors (Lipinski definition) is 3. The van der Waals surface area contributed by atoms with Crippen LogP contribution in [-0.4, -0.2) is 14.9 Å². The number of nitrogens with zero attached hydrogens (tertiary/aromatic N) is 2. The van der Waals surface area contributed by atoms with Crippen LogP contribution in [0.25, 0.3) is 0 Å². The molecule has 0 saturated heterocycles. The van der Waals surface area contributed by atoms with E-state index in [0.29, 0.717) is 12.5 Å². The van der Waals surface area contributed by atoms with Gasteiger partial charge in [-0.2, -0.15) is 5.10 Å². The van der Waals surface area contributed by atoms with E-state index in [1.807, 2.05) is 17.5 Å². The second kappa shape index (κ2) is 6.41. The Morgan fingerprint density at radius 1 is 1.40 bits per heavy atom. The number of thiophene rings is 1. The highest BCUT2D eigenvalue weighted by molar-refractivity contribution is 9.10. The fourth-order valence-electron chi connectivity index (χ4n) is 2.84. The van der Waals surface area contributed by atoms with Crippen LogP contribution in [0.15, 0.2) is 28.2 Å². The number of aromatic nitrogens is 2. The van der Waals surface area contributed by atoms with Gasteiger partial charge in [-0.25, -0.2) is 0 Å². The first kappa shape index (κ1) is 14.3. The zero-order valence-corrected chi connectivity index (χ0v) is 13.7. The lowest BCUT2D eigenvalue weighted by molar-refractivity contribution is 0.180. The average molecular weight is 355 g/mol. The third kappa shape index (κ3) is 3.32. The van der Waals surface area contributed by atoms with E-state index in [4.69, 9.17) is 0 Å². The van der Waals surface area contributed by atoms with Crippen LogP contribution in [0.1, 0.15) is 54.8 Å². The molecule has 3 rings (SSSR count). The van der Waals surface area contributed by atoms with E-state index in [-0.39, 0.29) is 0 Å². The number of aliphatic hydroxyl groups is 1. The molecule has 0 radical (unpaired) electrons. The minimum Gasteiger partial charge on any atom is -0.387 e. The standard InChI is InChI=1S/C15H19BrN2OS/c16-11-8-15(20-10-11)14(19)9-12-6-7-18(17-12)13-4-2-1-3-5-13/h6-8,10,13-14,19H,1-5,9H2. The van der Waals surface area contributed by atoms with Crippen molar-refractivity contribution in [2.45, 2.75) is 50.7 Å². The van der Waals surface area contributed by atoms with Crippen molar-refractivity contribution in [2.24, 2.45) is 0 Å². The van der Waals surface area contributed by atoms with Crippen LogP contribution in [0.2, 0.25) is 0 Å². The molecule has 3 nitrogen and oxygen atoms in total. The molecule has 2 aromatic heterocycles. The minimum atomic E-state index is -0.457. The zero-order valence-electron chi connectivity index (χ0n) is 11.3. The summed E-state index contributed by atoms with van der Waals surface area (Å²) in [6.45, 7) is 0. The van der Waals surface area contributed by atoms with Crippen LogP contribution in [0.4, 0.5) is 0 Å². The summed E-state index contributed by atoms with van der Waals surface area (Å²) in [7, 11) is 0. The number of hydrogen-bond donors (Lipinski definition) is 1. The molecule has 0 bridgehead atoms. The predicted octanol–water partition coefficient (Wildman–Crippen LogP) is 4.49. The molecular formula is C15H19BrN2OS. The van der Waals surface area contributed by atoms with Crippen molar-refractivity contribution in [3.05, 3.63) is 38.8 Å². The van der Waals surface area contributed by atoms with E-state index in [2.05, 4.69) is 31.9 Å². The topological polar surface area (TPSA) is 38.0 Å². The summed E-state index contributed by atoms with van der Waals surface area (Å²) in [5.74, 6) is 0. The molecule has 0 aliphatic heterocycles. The van der Waals surface area contributed by atoms with E-state index >= 15 is 0 Å². The summed E-state index contributed by atoms with van der Waals surface area (Å²) < 4.78 is 3.13. The Labute approximate surface area is 131 Å². The summed E-state index contributed by atoms with van der Waals surface area (Å²) in [5, 5.41) is 16.9. The lowest BCUT2D eigenvalue weighted by Gasteiger charge is -2.21. The molecular weight excluding hydrogens is 336 g/mol. The maximum atomic E-state index is 10.2. The number of halogens is 1. The van der Waals surface area contributed by atoms with Crippen molar-refractivity contribution in [3.8, 4) is 0 Å². The predicted molar refractivity (Wildman–Crippen MR) is 85.0 cm³/mol. The first-order valence-electron chi connectivity index (χ1n) is 7.18. The van der Waals surface area contributed by atoms with Crippen molar-refractivity contribution >= 4 is 27.3 Å². The fourth-order valence-corrected chi connectivity index (χ4v) is 4.27. The maximum Gasteiger partial charge on any atom is 0.0938 e. The van der Waals surface area contributed by atoms with Crippen LogP contribution in [0, 0.1) is 0 Å². The van der Waals surface area contributed by atoms with E-state index in [0.717, 1.165) is 15.0 Å². The van der Waals surface area contributed by atoms with Crippen LogP contribution in [0.3, 0.4) is 0 Å². The van der Waals surface area contributed by atoms with Gasteiger partial charge in [0, 0.05) is 27.3 Å². The van der Waals surface area contributed by atoms with Crippen LogP contribution >= 0.6 is 27.3 Å². The van der Waals surface area contributed by atoms with E-state index in [1.54, 1.807) is 11.3 Å². The molecule has 1 fully saturated rings. The fraction of sp³-hybridized carbons (Fsp3) is 0.533. The molecule has 2 aromatic rings. The Balaban J connectivity index is 1.64. The molecule has 1 aliphatic carbocycles. The van der Waals surface area contributed by atoms with Gasteiger partial charge in [-0.3, -0.25) is 4.68 Å². The second-order valence-corrected chi connectivity index (χ2v) is 7.32. The molecule has 1 unspecified atom stereocenters.